The molecule has 0 saturated carbocycles. The number of ether oxygens (including phenoxy) is 1. The van der Waals surface area contributed by atoms with Gasteiger partial charge < -0.3 is 10.1 Å². The fourth-order valence-corrected chi connectivity index (χ4v) is 2.84. The average molecular weight is 273 g/mol. The summed E-state index contributed by atoms with van der Waals surface area (Å²) in [7, 11) is 0. The van der Waals surface area contributed by atoms with Crippen LogP contribution in [0.3, 0.4) is 0 Å². The van der Waals surface area contributed by atoms with E-state index in [9.17, 15) is 4.79 Å². The van der Waals surface area contributed by atoms with Crippen LogP contribution in [-0.2, 0) is 24.3 Å². The Bertz CT molecular complexity index is 578. The first-order valence-electron chi connectivity index (χ1n) is 6.35. The molecule has 0 amide bonds. The number of carbonyl (C=O) groups is 1. The smallest absolute Gasteiger partial charge is 0.338 e. The van der Waals surface area contributed by atoms with Gasteiger partial charge in [0.05, 0.1) is 5.56 Å². The van der Waals surface area contributed by atoms with Gasteiger partial charge in [0.1, 0.15) is 6.61 Å². The largest absolute Gasteiger partial charge is 0.456 e. The number of esters is 1. The number of thiophene rings is 1. The standard InChI is InChI=1S/C15H15NO2S/c17-15(18-10-14-2-1-7-19-14)12-4-3-11-5-6-16-9-13(11)8-12/h1-4,7-8,16H,5-6,9-10H2. The minimum absolute atomic E-state index is 0.248. The second-order valence-corrected chi connectivity index (χ2v) is 5.60. The third-order valence-electron chi connectivity index (χ3n) is 3.25. The highest BCUT2D eigenvalue weighted by Crippen LogP contribution is 2.17. The van der Waals surface area contributed by atoms with Crippen molar-refractivity contribution < 1.29 is 9.53 Å². The Morgan fingerprint density at radius 2 is 2.26 bits per heavy atom. The quantitative estimate of drug-likeness (QED) is 0.874. The summed E-state index contributed by atoms with van der Waals surface area (Å²) in [6.07, 6.45) is 1.03. The fraction of sp³-hybridized carbons (Fsp3) is 0.267. The summed E-state index contributed by atoms with van der Waals surface area (Å²) in [6, 6.07) is 9.77. The second kappa shape index (κ2) is 5.55. The van der Waals surface area contributed by atoms with Crippen LogP contribution in [0.1, 0.15) is 26.4 Å². The zero-order valence-corrected chi connectivity index (χ0v) is 11.3. The van der Waals surface area contributed by atoms with E-state index in [1.54, 1.807) is 11.3 Å². The Morgan fingerprint density at radius 1 is 1.32 bits per heavy atom. The number of hydrogen-bond acceptors (Lipinski definition) is 4. The lowest BCUT2D eigenvalue weighted by molar-refractivity contribution is 0.0476. The molecule has 0 atom stereocenters. The first-order chi connectivity index (χ1) is 9.33. The zero-order valence-electron chi connectivity index (χ0n) is 10.5. The molecule has 0 radical (unpaired) electrons. The van der Waals surface area contributed by atoms with E-state index in [4.69, 9.17) is 4.74 Å². The first kappa shape index (κ1) is 12.4. The summed E-state index contributed by atoms with van der Waals surface area (Å²) in [5.74, 6) is -0.248. The molecule has 0 fully saturated rings. The molecule has 4 heteroatoms. The van der Waals surface area contributed by atoms with Crippen LogP contribution in [0.15, 0.2) is 35.7 Å². The van der Waals surface area contributed by atoms with Crippen LogP contribution in [0.5, 0.6) is 0 Å². The molecule has 2 aromatic rings. The molecule has 98 valence electrons. The second-order valence-electron chi connectivity index (χ2n) is 4.57. The van der Waals surface area contributed by atoms with E-state index in [0.29, 0.717) is 12.2 Å². The van der Waals surface area contributed by atoms with E-state index in [-0.39, 0.29) is 5.97 Å². The number of rotatable bonds is 3. The Morgan fingerprint density at radius 3 is 3.11 bits per heavy atom. The number of benzene rings is 1. The summed E-state index contributed by atoms with van der Waals surface area (Å²) < 4.78 is 5.31. The first-order valence-corrected chi connectivity index (χ1v) is 7.23. The molecule has 1 aromatic carbocycles. The van der Waals surface area contributed by atoms with Crippen molar-refractivity contribution >= 4 is 17.3 Å². The van der Waals surface area contributed by atoms with E-state index >= 15 is 0 Å². The monoisotopic (exact) mass is 273 g/mol. The van der Waals surface area contributed by atoms with E-state index in [0.717, 1.165) is 24.4 Å². The summed E-state index contributed by atoms with van der Waals surface area (Å²) in [4.78, 5) is 13.1. The predicted molar refractivity (Wildman–Crippen MR) is 75.3 cm³/mol. The van der Waals surface area contributed by atoms with E-state index in [2.05, 4.69) is 5.32 Å². The lowest BCUT2D eigenvalue weighted by atomic mass is 9.99. The lowest BCUT2D eigenvalue weighted by Crippen LogP contribution is -2.24. The van der Waals surface area contributed by atoms with Gasteiger partial charge in [-0.25, -0.2) is 4.79 Å². The Balaban J connectivity index is 1.69. The van der Waals surface area contributed by atoms with Crippen molar-refractivity contribution in [3.8, 4) is 0 Å². The van der Waals surface area contributed by atoms with Crippen molar-refractivity contribution in [2.75, 3.05) is 6.54 Å². The van der Waals surface area contributed by atoms with E-state index in [1.165, 1.54) is 11.1 Å². The van der Waals surface area contributed by atoms with Crippen LogP contribution in [0.2, 0.25) is 0 Å². The molecule has 1 aromatic heterocycles. The van der Waals surface area contributed by atoms with Gasteiger partial charge in [0.15, 0.2) is 0 Å². The van der Waals surface area contributed by atoms with Gasteiger partial charge in [-0.05, 0) is 47.7 Å². The van der Waals surface area contributed by atoms with Gasteiger partial charge >= 0.3 is 5.97 Å². The molecule has 0 saturated heterocycles. The van der Waals surface area contributed by atoms with Crippen LogP contribution in [0.25, 0.3) is 0 Å². The molecule has 1 aliphatic rings. The molecule has 3 rings (SSSR count). The normalized spacial score (nSPS) is 13.9. The Hall–Kier alpha value is -1.65. The molecule has 1 aliphatic heterocycles. The molecule has 0 bridgehead atoms. The van der Waals surface area contributed by atoms with Gasteiger partial charge in [0.2, 0.25) is 0 Å². The van der Waals surface area contributed by atoms with E-state index in [1.807, 2.05) is 35.7 Å². The van der Waals surface area contributed by atoms with E-state index < -0.39 is 0 Å². The minimum atomic E-state index is -0.248. The highest BCUT2D eigenvalue weighted by atomic mass is 32.1. The lowest BCUT2D eigenvalue weighted by Gasteiger charge is -2.17. The number of hydrogen-bond donors (Lipinski definition) is 1. The van der Waals surface area contributed by atoms with Crippen LogP contribution in [0, 0.1) is 0 Å². The third kappa shape index (κ3) is 2.85. The summed E-state index contributed by atoms with van der Waals surface area (Å²) in [6.45, 7) is 2.20. The van der Waals surface area contributed by atoms with Gasteiger partial charge in [0.25, 0.3) is 0 Å². The SMILES string of the molecule is O=C(OCc1cccs1)c1ccc2c(c1)CNCC2. The zero-order chi connectivity index (χ0) is 13.1. The Kier molecular flexibility index (Phi) is 3.62. The van der Waals surface area contributed by atoms with Crippen LogP contribution in [-0.4, -0.2) is 12.5 Å². The highest BCUT2D eigenvalue weighted by molar-refractivity contribution is 7.09. The molecule has 19 heavy (non-hydrogen) atoms. The van der Waals surface area contributed by atoms with Crippen LogP contribution < -0.4 is 5.32 Å². The van der Waals surface area contributed by atoms with Crippen molar-refractivity contribution in [3.63, 3.8) is 0 Å². The van der Waals surface area contributed by atoms with Crippen LogP contribution >= 0.6 is 11.3 Å². The van der Waals surface area contributed by atoms with Crippen molar-refractivity contribution in [2.45, 2.75) is 19.6 Å². The van der Waals surface area contributed by atoms with Crippen molar-refractivity contribution in [1.29, 1.82) is 0 Å². The van der Waals surface area contributed by atoms with Gasteiger partial charge in [0, 0.05) is 11.4 Å². The highest BCUT2D eigenvalue weighted by Gasteiger charge is 2.13. The maximum Gasteiger partial charge on any atom is 0.338 e. The summed E-state index contributed by atoms with van der Waals surface area (Å²) >= 11 is 1.60. The van der Waals surface area contributed by atoms with Crippen molar-refractivity contribution in [3.05, 3.63) is 57.3 Å². The topological polar surface area (TPSA) is 38.3 Å². The van der Waals surface area contributed by atoms with Crippen molar-refractivity contribution in [2.24, 2.45) is 0 Å². The number of fused-ring (bicyclic) bond motifs is 1. The molecule has 0 aliphatic carbocycles. The number of carbonyl (C=O) groups excluding carboxylic acids is 1. The predicted octanol–water partition coefficient (Wildman–Crippen LogP) is 2.75. The summed E-state index contributed by atoms with van der Waals surface area (Å²) in [5.41, 5.74) is 3.17. The Labute approximate surface area is 116 Å². The molecular weight excluding hydrogens is 258 g/mol. The summed E-state index contributed by atoms with van der Waals surface area (Å²) in [5, 5.41) is 5.29. The third-order valence-corrected chi connectivity index (χ3v) is 4.10. The molecule has 2 heterocycles. The average Bonchev–Trinajstić information content (AvgIpc) is 2.97. The van der Waals surface area contributed by atoms with Gasteiger partial charge in [-0.15, -0.1) is 11.3 Å². The van der Waals surface area contributed by atoms with Gasteiger partial charge in [-0.1, -0.05) is 12.1 Å². The molecule has 0 spiro atoms. The fourth-order valence-electron chi connectivity index (χ4n) is 2.22. The minimum Gasteiger partial charge on any atom is -0.456 e. The molecule has 0 unspecified atom stereocenters. The van der Waals surface area contributed by atoms with Crippen molar-refractivity contribution in [1.82, 2.24) is 5.32 Å². The van der Waals surface area contributed by atoms with Gasteiger partial charge in [-0.2, -0.15) is 0 Å². The maximum absolute atomic E-state index is 12.0. The molecule has 1 N–H and O–H groups in total. The molecular formula is C15H15NO2S. The molecule has 3 nitrogen and oxygen atoms in total. The van der Waals surface area contributed by atoms with Crippen LogP contribution in [0.4, 0.5) is 0 Å². The maximum atomic E-state index is 12.0. The van der Waals surface area contributed by atoms with Gasteiger partial charge in [-0.3, -0.25) is 0 Å². The number of nitrogens with one attached hydrogen (secondary N) is 1.